The Labute approximate surface area is 252 Å². The number of carbonyl (C=O) groups excluding carboxylic acids is 5. The summed E-state index contributed by atoms with van der Waals surface area (Å²) in [5.41, 5.74) is 2.24. The fourth-order valence-corrected chi connectivity index (χ4v) is 6.03. The molecule has 1 aromatic heterocycles. The number of benzene rings is 1. The number of thiophene rings is 1. The number of ether oxygens (including phenoxy) is 3. The molecule has 4 atom stereocenters. The van der Waals surface area contributed by atoms with Gasteiger partial charge >= 0.3 is 18.2 Å². The summed E-state index contributed by atoms with van der Waals surface area (Å²) in [4.78, 5) is 75.5. The predicted molar refractivity (Wildman–Crippen MR) is 150 cm³/mol. The number of β-lactam (4-membered cyclic amide) rings is 1. The summed E-state index contributed by atoms with van der Waals surface area (Å²) in [7, 11) is 1.93. The molecule has 3 rings (SSSR count). The van der Waals surface area contributed by atoms with Crippen LogP contribution in [-0.4, -0.2) is 80.4 Å². The molecule has 18 heteroatoms. The van der Waals surface area contributed by atoms with Crippen molar-refractivity contribution < 1.29 is 47.7 Å². The molecule has 16 nitrogen and oxygen atoms in total. The van der Waals surface area contributed by atoms with Crippen molar-refractivity contribution in [2.75, 3.05) is 14.2 Å². The third-order valence-corrected chi connectivity index (χ3v) is 8.30. The summed E-state index contributed by atoms with van der Waals surface area (Å²) in [5.74, 6) is -2.46. The zero-order valence-electron chi connectivity index (χ0n) is 23.0. The molecular weight excluding hydrogens is 610 g/mol. The van der Waals surface area contributed by atoms with E-state index < -0.39 is 63.7 Å². The van der Waals surface area contributed by atoms with Gasteiger partial charge in [-0.2, -0.15) is 5.43 Å². The van der Waals surface area contributed by atoms with Gasteiger partial charge in [-0.3, -0.25) is 24.6 Å². The number of nitrogens with one attached hydrogen (secondary N) is 2. The van der Waals surface area contributed by atoms with Crippen molar-refractivity contribution in [3.05, 3.63) is 74.5 Å². The minimum Gasteiger partial charge on any atom is -0.589 e. The van der Waals surface area contributed by atoms with E-state index in [4.69, 9.17) is 4.74 Å². The van der Waals surface area contributed by atoms with Crippen LogP contribution in [0, 0.1) is 10.1 Å². The van der Waals surface area contributed by atoms with E-state index >= 15 is 0 Å². The van der Waals surface area contributed by atoms with Crippen molar-refractivity contribution in [2.45, 2.75) is 37.4 Å². The molecule has 1 aromatic carbocycles. The zero-order valence-corrected chi connectivity index (χ0v) is 24.7. The van der Waals surface area contributed by atoms with Crippen molar-refractivity contribution in [3.63, 3.8) is 0 Å². The largest absolute Gasteiger partial charge is 0.589 e. The Kier molecular flexibility index (Phi) is 11.1. The van der Waals surface area contributed by atoms with Crippen LogP contribution in [0.2, 0.25) is 0 Å². The first-order chi connectivity index (χ1) is 20.4. The summed E-state index contributed by atoms with van der Waals surface area (Å²) in [6.45, 7) is 4.80. The molecule has 0 spiro atoms. The van der Waals surface area contributed by atoms with Crippen molar-refractivity contribution >= 4 is 58.4 Å². The fraction of sp³-hybridized carbons (Fsp3) is 0.320. The lowest BCUT2D eigenvalue weighted by molar-refractivity contribution is -0.384. The number of esters is 1. The topological polar surface area (TPSA) is 210 Å². The molecule has 0 bridgehead atoms. The average molecular weight is 638 g/mol. The first kappa shape index (κ1) is 32.8. The maximum atomic E-state index is 13.7. The lowest BCUT2D eigenvalue weighted by atomic mass is 9.99. The number of nitrogens with zero attached hydrogens (tertiary/aromatic N) is 3. The molecule has 1 aliphatic rings. The quantitative estimate of drug-likeness (QED) is 0.0686. The van der Waals surface area contributed by atoms with Crippen molar-refractivity contribution in [1.82, 2.24) is 20.1 Å². The van der Waals surface area contributed by atoms with E-state index in [1.807, 2.05) is 5.43 Å². The van der Waals surface area contributed by atoms with E-state index in [2.05, 4.69) is 21.4 Å². The summed E-state index contributed by atoms with van der Waals surface area (Å²) in [5, 5.41) is 13.5. The standard InChI is InChI=1S/C25H27N5O11S2/c1-14(2)20(23(33)41-13-15-7-9-16(10-8-15)30(36)37)28-21(32)19(26-18(31)12-17-6-5-11-42-17)22(28)43(38)29(25(35)40-4)27-24(34)39-3/h5-11,19-20,22H,1,12-13H2,2-4H3,(H,26,31)(H,27,34). The third-order valence-electron chi connectivity index (χ3n) is 5.91. The van der Waals surface area contributed by atoms with Crippen molar-refractivity contribution in [3.8, 4) is 0 Å². The van der Waals surface area contributed by atoms with Gasteiger partial charge in [0, 0.05) is 17.0 Å². The van der Waals surface area contributed by atoms with E-state index in [-0.39, 0.29) is 28.7 Å². The molecular formula is C25H27N5O11S2. The van der Waals surface area contributed by atoms with Crippen LogP contribution in [0.1, 0.15) is 17.4 Å². The van der Waals surface area contributed by atoms with Crippen molar-refractivity contribution in [1.29, 1.82) is 0 Å². The maximum Gasteiger partial charge on any atom is 0.472 e. The smallest absolute Gasteiger partial charge is 0.472 e. The van der Waals surface area contributed by atoms with E-state index in [0.29, 0.717) is 10.4 Å². The number of likely N-dealkylation sites (tertiary alicyclic amines) is 1. The molecule has 1 aliphatic heterocycles. The molecule has 1 saturated heterocycles. The second-order valence-corrected chi connectivity index (χ2v) is 11.3. The highest BCUT2D eigenvalue weighted by Crippen LogP contribution is 2.33. The molecule has 1 fully saturated rings. The fourth-order valence-electron chi connectivity index (χ4n) is 3.89. The van der Waals surface area contributed by atoms with Gasteiger partial charge in [0.1, 0.15) is 18.0 Å². The van der Waals surface area contributed by atoms with Crippen LogP contribution in [0.4, 0.5) is 15.3 Å². The molecule has 2 N–H and O–H groups in total. The molecule has 0 radical (unpaired) electrons. The van der Waals surface area contributed by atoms with E-state index in [9.17, 15) is 38.6 Å². The van der Waals surface area contributed by atoms with Crippen LogP contribution in [0.5, 0.6) is 0 Å². The highest BCUT2D eigenvalue weighted by atomic mass is 32.2. The Morgan fingerprint density at radius 1 is 1.19 bits per heavy atom. The minimum atomic E-state index is -2.68. The van der Waals surface area contributed by atoms with Gasteiger partial charge in [-0.25, -0.2) is 14.4 Å². The molecule has 0 aliphatic carbocycles. The monoisotopic (exact) mass is 637 g/mol. The van der Waals surface area contributed by atoms with Gasteiger partial charge in [0.15, 0.2) is 12.1 Å². The number of methoxy groups -OCH3 is 2. The Morgan fingerprint density at radius 2 is 1.86 bits per heavy atom. The molecule has 2 heterocycles. The Hall–Kier alpha value is -4.68. The van der Waals surface area contributed by atoms with Gasteiger partial charge in [0.05, 0.1) is 25.6 Å². The van der Waals surface area contributed by atoms with Crippen molar-refractivity contribution in [2.24, 2.45) is 0 Å². The SMILES string of the molecule is C=C(C)C(C(=O)OCc1ccc([N+](=O)[O-])cc1)N1C(=O)C(NC(=O)Cc2cccs2)C1[S+]([O-])N(NC(=O)OC)C(=O)OC. The first-order valence-corrected chi connectivity index (χ1v) is 14.3. The number of amides is 4. The molecule has 0 saturated carbocycles. The van der Waals surface area contributed by atoms with Gasteiger partial charge in [-0.1, -0.05) is 12.6 Å². The van der Waals surface area contributed by atoms with Gasteiger partial charge in [0.2, 0.25) is 11.3 Å². The number of carbonyl (C=O) groups is 5. The van der Waals surface area contributed by atoms with Crippen LogP contribution in [-0.2, 0) is 53.0 Å². The lowest BCUT2D eigenvalue weighted by Gasteiger charge is -2.48. The summed E-state index contributed by atoms with van der Waals surface area (Å²) < 4.78 is 28.4. The molecule has 4 amide bonds. The number of hydrogen-bond donors (Lipinski definition) is 2. The van der Waals surface area contributed by atoms with Crippen LogP contribution >= 0.6 is 11.3 Å². The normalized spacial score (nSPS) is 17.0. The highest BCUT2D eigenvalue weighted by molar-refractivity contribution is 7.90. The van der Waals surface area contributed by atoms with Gasteiger partial charge in [-0.05, 0) is 46.1 Å². The van der Waals surface area contributed by atoms with Crippen LogP contribution in [0.3, 0.4) is 0 Å². The second-order valence-electron chi connectivity index (χ2n) is 8.86. The van der Waals surface area contributed by atoms with E-state index in [1.165, 1.54) is 42.5 Å². The summed E-state index contributed by atoms with van der Waals surface area (Å²) in [6, 6.07) is 5.58. The Bertz CT molecular complexity index is 1390. The molecule has 43 heavy (non-hydrogen) atoms. The second kappa shape index (κ2) is 14.5. The number of rotatable bonds is 11. The first-order valence-electron chi connectivity index (χ1n) is 12.2. The van der Waals surface area contributed by atoms with E-state index in [0.717, 1.165) is 19.1 Å². The van der Waals surface area contributed by atoms with E-state index in [1.54, 1.807) is 17.5 Å². The Balaban J connectivity index is 1.89. The highest BCUT2D eigenvalue weighted by Gasteiger charge is 2.62. The Morgan fingerprint density at radius 3 is 2.40 bits per heavy atom. The van der Waals surface area contributed by atoms with Gasteiger partial charge < -0.3 is 24.1 Å². The minimum absolute atomic E-state index is 0.0814. The predicted octanol–water partition coefficient (Wildman–Crippen LogP) is 1.54. The number of hydrazine groups is 1. The average Bonchev–Trinajstić information content (AvgIpc) is 3.49. The lowest BCUT2D eigenvalue weighted by Crippen LogP contribution is -2.78. The van der Waals surface area contributed by atoms with Gasteiger partial charge in [-0.15, -0.1) is 11.3 Å². The summed E-state index contributed by atoms with van der Waals surface area (Å²) in [6.07, 6.45) is -2.61. The maximum absolute atomic E-state index is 13.7. The number of hydrogen-bond acceptors (Lipinski definition) is 12. The zero-order chi connectivity index (χ0) is 31.8. The number of non-ortho nitro benzene ring substituents is 1. The third kappa shape index (κ3) is 7.79. The van der Waals surface area contributed by atoms with Crippen LogP contribution in [0.25, 0.3) is 0 Å². The van der Waals surface area contributed by atoms with Crippen LogP contribution < -0.4 is 10.7 Å². The molecule has 4 unspecified atom stereocenters. The number of nitro groups is 1. The number of nitro benzene ring substituents is 1. The van der Waals surface area contributed by atoms with Gasteiger partial charge in [0.25, 0.3) is 11.6 Å². The molecule has 230 valence electrons. The van der Waals surface area contributed by atoms with Crippen LogP contribution in [0.15, 0.2) is 53.9 Å². The summed E-state index contributed by atoms with van der Waals surface area (Å²) >= 11 is -1.38. The molecule has 2 aromatic rings.